The molecular formula is C18H26N2O3. The van der Waals surface area contributed by atoms with Crippen LogP contribution in [-0.4, -0.2) is 59.5 Å². The first-order valence-electron chi connectivity index (χ1n) is 8.26. The van der Waals surface area contributed by atoms with Crippen molar-refractivity contribution in [3.8, 4) is 0 Å². The van der Waals surface area contributed by atoms with Gasteiger partial charge in [-0.05, 0) is 38.8 Å². The van der Waals surface area contributed by atoms with Crippen molar-refractivity contribution in [2.24, 2.45) is 5.41 Å². The van der Waals surface area contributed by atoms with Crippen LogP contribution in [0, 0.1) is 5.41 Å². The molecule has 1 unspecified atom stereocenters. The van der Waals surface area contributed by atoms with E-state index in [1.807, 2.05) is 32.0 Å². The summed E-state index contributed by atoms with van der Waals surface area (Å²) in [5.41, 5.74) is 0.0836. The van der Waals surface area contributed by atoms with Gasteiger partial charge in [0.15, 0.2) is 0 Å². The Kier molecular flexibility index (Phi) is 5.77. The van der Waals surface area contributed by atoms with E-state index in [-0.39, 0.29) is 18.4 Å². The monoisotopic (exact) mass is 318 g/mol. The van der Waals surface area contributed by atoms with Crippen LogP contribution in [0.15, 0.2) is 30.3 Å². The number of hydrogen-bond donors (Lipinski definition) is 1. The Morgan fingerprint density at radius 2 is 2.00 bits per heavy atom. The minimum absolute atomic E-state index is 0.0190. The molecule has 23 heavy (non-hydrogen) atoms. The van der Waals surface area contributed by atoms with Gasteiger partial charge in [0.25, 0.3) is 5.91 Å². The van der Waals surface area contributed by atoms with Crippen molar-refractivity contribution in [3.05, 3.63) is 35.9 Å². The first-order chi connectivity index (χ1) is 11.0. The highest BCUT2D eigenvalue weighted by Gasteiger charge is 2.41. The van der Waals surface area contributed by atoms with Gasteiger partial charge in [-0.25, -0.2) is 0 Å². The molecule has 1 fully saturated rings. The molecule has 1 heterocycles. The number of likely N-dealkylation sites (N-methyl/N-ethyl adjacent to an activating group) is 1. The Morgan fingerprint density at radius 3 is 2.61 bits per heavy atom. The Hall–Kier alpha value is -1.88. The van der Waals surface area contributed by atoms with Gasteiger partial charge in [-0.3, -0.25) is 9.59 Å². The van der Waals surface area contributed by atoms with Crippen LogP contribution in [0.25, 0.3) is 0 Å². The largest absolute Gasteiger partial charge is 0.395 e. The molecule has 1 aromatic carbocycles. The van der Waals surface area contributed by atoms with Crippen molar-refractivity contribution >= 4 is 11.8 Å². The molecule has 1 aliphatic rings. The maximum absolute atomic E-state index is 12.8. The smallest absolute Gasteiger partial charge is 0.253 e. The molecule has 0 radical (unpaired) electrons. The molecule has 0 saturated carbocycles. The average molecular weight is 318 g/mol. The lowest BCUT2D eigenvalue weighted by Crippen LogP contribution is -2.53. The number of benzene rings is 1. The van der Waals surface area contributed by atoms with Crippen LogP contribution in [0.4, 0.5) is 0 Å². The third kappa shape index (κ3) is 3.91. The van der Waals surface area contributed by atoms with Gasteiger partial charge in [-0.1, -0.05) is 18.2 Å². The summed E-state index contributed by atoms with van der Waals surface area (Å²) < 4.78 is 0. The van der Waals surface area contributed by atoms with E-state index < -0.39 is 5.41 Å². The van der Waals surface area contributed by atoms with Gasteiger partial charge in [0.2, 0.25) is 5.91 Å². The van der Waals surface area contributed by atoms with E-state index in [2.05, 4.69) is 0 Å². The maximum Gasteiger partial charge on any atom is 0.253 e. The van der Waals surface area contributed by atoms with Crippen LogP contribution in [0.1, 0.15) is 37.0 Å². The molecule has 126 valence electrons. The molecule has 1 saturated heterocycles. The van der Waals surface area contributed by atoms with E-state index in [9.17, 15) is 9.59 Å². The molecule has 2 amide bonds. The summed E-state index contributed by atoms with van der Waals surface area (Å²) in [5.74, 6) is 0.00847. The van der Waals surface area contributed by atoms with Crippen molar-refractivity contribution in [2.45, 2.75) is 26.7 Å². The zero-order chi connectivity index (χ0) is 16.9. The summed E-state index contributed by atoms with van der Waals surface area (Å²) in [6.45, 7) is 5.83. The van der Waals surface area contributed by atoms with Crippen LogP contribution in [0.5, 0.6) is 0 Å². The zero-order valence-corrected chi connectivity index (χ0v) is 14.0. The molecule has 0 aromatic heterocycles. The summed E-state index contributed by atoms with van der Waals surface area (Å²) in [4.78, 5) is 28.9. The van der Waals surface area contributed by atoms with Crippen LogP contribution < -0.4 is 0 Å². The highest BCUT2D eigenvalue weighted by atomic mass is 16.3. The van der Waals surface area contributed by atoms with E-state index in [0.29, 0.717) is 31.7 Å². The standard InChI is InChI=1S/C18H26N2O3/c1-3-19(12-13-21)17(23)18(2)10-7-11-20(14-18)16(22)15-8-5-4-6-9-15/h4-6,8-9,21H,3,7,10-14H2,1-2H3. The highest BCUT2D eigenvalue weighted by molar-refractivity contribution is 5.95. The third-order valence-corrected chi connectivity index (χ3v) is 4.56. The first kappa shape index (κ1) is 17.5. The molecule has 1 N–H and O–H groups in total. The van der Waals surface area contributed by atoms with Crippen molar-refractivity contribution in [1.29, 1.82) is 0 Å². The molecule has 5 nitrogen and oxygen atoms in total. The number of aliphatic hydroxyl groups is 1. The molecule has 2 rings (SSSR count). The SMILES string of the molecule is CCN(CCO)C(=O)C1(C)CCCN(C(=O)c2ccccc2)C1. The average Bonchev–Trinajstić information content (AvgIpc) is 2.59. The van der Waals surface area contributed by atoms with Gasteiger partial charge < -0.3 is 14.9 Å². The summed E-state index contributed by atoms with van der Waals surface area (Å²) in [5, 5.41) is 9.13. The van der Waals surface area contributed by atoms with E-state index in [4.69, 9.17) is 5.11 Å². The summed E-state index contributed by atoms with van der Waals surface area (Å²) >= 11 is 0. The van der Waals surface area contributed by atoms with Gasteiger partial charge >= 0.3 is 0 Å². The number of aliphatic hydroxyl groups excluding tert-OH is 1. The van der Waals surface area contributed by atoms with Crippen molar-refractivity contribution in [1.82, 2.24) is 9.80 Å². The number of rotatable bonds is 5. The van der Waals surface area contributed by atoms with Crippen LogP contribution in [-0.2, 0) is 4.79 Å². The maximum atomic E-state index is 12.8. The third-order valence-electron chi connectivity index (χ3n) is 4.56. The van der Waals surface area contributed by atoms with Gasteiger partial charge in [-0.15, -0.1) is 0 Å². The number of hydrogen-bond acceptors (Lipinski definition) is 3. The Labute approximate surface area is 137 Å². The summed E-state index contributed by atoms with van der Waals surface area (Å²) in [6, 6.07) is 9.19. The van der Waals surface area contributed by atoms with Gasteiger partial charge in [-0.2, -0.15) is 0 Å². The minimum atomic E-state index is -0.576. The second kappa shape index (κ2) is 7.59. The zero-order valence-electron chi connectivity index (χ0n) is 14.0. The van der Waals surface area contributed by atoms with Gasteiger partial charge in [0.05, 0.1) is 12.0 Å². The lowest BCUT2D eigenvalue weighted by atomic mass is 9.80. The van der Waals surface area contributed by atoms with Gasteiger partial charge in [0.1, 0.15) is 0 Å². The minimum Gasteiger partial charge on any atom is -0.395 e. The normalized spacial score (nSPS) is 21.1. The second-order valence-corrected chi connectivity index (χ2v) is 6.37. The molecule has 0 spiro atoms. The molecule has 1 atom stereocenters. The fourth-order valence-corrected chi connectivity index (χ4v) is 3.26. The summed E-state index contributed by atoms with van der Waals surface area (Å²) in [7, 11) is 0. The number of amides is 2. The quantitative estimate of drug-likeness (QED) is 0.900. The van der Waals surface area contributed by atoms with Crippen LogP contribution in [0.2, 0.25) is 0 Å². The van der Waals surface area contributed by atoms with E-state index in [1.165, 1.54) is 0 Å². The van der Waals surface area contributed by atoms with Crippen molar-refractivity contribution in [3.63, 3.8) is 0 Å². The number of likely N-dealkylation sites (tertiary alicyclic amines) is 1. The molecule has 0 aliphatic carbocycles. The molecule has 0 bridgehead atoms. The van der Waals surface area contributed by atoms with E-state index in [0.717, 1.165) is 12.8 Å². The van der Waals surface area contributed by atoms with Crippen LogP contribution in [0.3, 0.4) is 0 Å². The summed E-state index contributed by atoms with van der Waals surface area (Å²) in [6.07, 6.45) is 1.59. The first-order valence-corrected chi connectivity index (χ1v) is 8.26. The lowest BCUT2D eigenvalue weighted by molar-refractivity contribution is -0.144. The predicted octanol–water partition coefficient (Wildman–Crippen LogP) is 1.77. The number of carbonyl (C=O) groups excluding carboxylic acids is 2. The van der Waals surface area contributed by atoms with Crippen LogP contribution >= 0.6 is 0 Å². The fourth-order valence-electron chi connectivity index (χ4n) is 3.26. The van der Waals surface area contributed by atoms with E-state index in [1.54, 1.807) is 21.9 Å². The fraction of sp³-hybridized carbons (Fsp3) is 0.556. The predicted molar refractivity (Wildman–Crippen MR) is 89.0 cm³/mol. The van der Waals surface area contributed by atoms with Gasteiger partial charge in [0, 0.05) is 31.7 Å². The molecular weight excluding hydrogens is 292 g/mol. The Bertz CT molecular complexity index is 546. The molecule has 1 aliphatic heterocycles. The Balaban J connectivity index is 2.13. The lowest BCUT2D eigenvalue weighted by Gasteiger charge is -2.41. The Morgan fingerprint density at radius 1 is 1.30 bits per heavy atom. The van der Waals surface area contributed by atoms with E-state index >= 15 is 0 Å². The number of piperidine rings is 1. The molecule has 5 heteroatoms. The highest BCUT2D eigenvalue weighted by Crippen LogP contribution is 2.32. The number of carbonyl (C=O) groups is 2. The second-order valence-electron chi connectivity index (χ2n) is 6.37. The molecule has 1 aromatic rings. The van der Waals surface area contributed by atoms with Crippen molar-refractivity contribution in [2.75, 3.05) is 32.8 Å². The van der Waals surface area contributed by atoms with Crippen molar-refractivity contribution < 1.29 is 14.7 Å². The topological polar surface area (TPSA) is 60.9 Å². The number of nitrogens with zero attached hydrogens (tertiary/aromatic N) is 2.